The first-order valence-electron chi connectivity index (χ1n) is 6.95. The number of amides is 2. The number of nitrogens with one attached hydrogen (secondary N) is 2. The fraction of sp³-hybridized carbons (Fsp3) is 0.333. The lowest BCUT2D eigenvalue weighted by Gasteiger charge is -2.07. The second kappa shape index (κ2) is 7.13. The summed E-state index contributed by atoms with van der Waals surface area (Å²) in [5.41, 5.74) is 6.17. The Balaban J connectivity index is 2.05. The SMILES string of the molecule is Cc1nc(-c2ccccn2)sc1C(=O)NNC(=O)CC(C)C. The van der Waals surface area contributed by atoms with Crippen LogP contribution in [0.25, 0.3) is 10.7 Å². The van der Waals surface area contributed by atoms with Gasteiger partial charge in [-0.05, 0) is 25.0 Å². The molecule has 2 N–H and O–H groups in total. The molecule has 0 aliphatic heterocycles. The van der Waals surface area contributed by atoms with Gasteiger partial charge in [0.2, 0.25) is 5.91 Å². The van der Waals surface area contributed by atoms with Crippen LogP contribution in [0, 0.1) is 12.8 Å². The zero-order chi connectivity index (χ0) is 16.1. The number of pyridine rings is 1. The van der Waals surface area contributed by atoms with E-state index in [1.807, 2.05) is 32.0 Å². The van der Waals surface area contributed by atoms with Crippen molar-refractivity contribution < 1.29 is 9.59 Å². The number of thiazole rings is 1. The first kappa shape index (κ1) is 16.1. The highest BCUT2D eigenvalue weighted by molar-refractivity contribution is 7.17. The molecule has 0 aliphatic rings. The van der Waals surface area contributed by atoms with Gasteiger partial charge in [-0.2, -0.15) is 0 Å². The number of hydrazine groups is 1. The summed E-state index contributed by atoms with van der Waals surface area (Å²) in [6, 6.07) is 5.52. The summed E-state index contributed by atoms with van der Waals surface area (Å²) in [5, 5.41) is 0.678. The second-order valence-electron chi connectivity index (χ2n) is 5.25. The van der Waals surface area contributed by atoms with Crippen molar-refractivity contribution in [2.45, 2.75) is 27.2 Å². The standard InChI is InChI=1S/C15H18N4O2S/c1-9(2)8-12(20)18-19-14(21)13-10(3)17-15(22-13)11-6-4-5-7-16-11/h4-7,9H,8H2,1-3H3,(H,18,20)(H,19,21). The van der Waals surface area contributed by atoms with E-state index in [0.717, 1.165) is 5.69 Å². The van der Waals surface area contributed by atoms with Gasteiger partial charge in [0.15, 0.2) is 0 Å². The molecule has 0 fully saturated rings. The number of nitrogens with zero attached hydrogens (tertiary/aromatic N) is 2. The number of aryl methyl sites for hydroxylation is 1. The number of carbonyl (C=O) groups is 2. The van der Waals surface area contributed by atoms with Gasteiger partial charge in [0.25, 0.3) is 5.91 Å². The van der Waals surface area contributed by atoms with Crippen LogP contribution >= 0.6 is 11.3 Å². The van der Waals surface area contributed by atoms with Crippen LogP contribution in [0.2, 0.25) is 0 Å². The van der Waals surface area contributed by atoms with Gasteiger partial charge in [-0.3, -0.25) is 25.4 Å². The first-order valence-corrected chi connectivity index (χ1v) is 7.77. The van der Waals surface area contributed by atoms with Gasteiger partial charge in [0, 0.05) is 12.6 Å². The first-order chi connectivity index (χ1) is 10.5. The monoisotopic (exact) mass is 318 g/mol. The molecular weight excluding hydrogens is 300 g/mol. The number of hydrogen-bond donors (Lipinski definition) is 2. The van der Waals surface area contributed by atoms with E-state index < -0.39 is 0 Å². The Bertz CT molecular complexity index is 667. The van der Waals surface area contributed by atoms with Crippen molar-refractivity contribution in [2.75, 3.05) is 0 Å². The van der Waals surface area contributed by atoms with Crippen LogP contribution in [0.1, 0.15) is 35.6 Å². The lowest BCUT2D eigenvalue weighted by Crippen LogP contribution is -2.41. The molecule has 2 amide bonds. The largest absolute Gasteiger partial charge is 0.281 e. The molecule has 0 saturated heterocycles. The van der Waals surface area contributed by atoms with Crippen molar-refractivity contribution >= 4 is 23.2 Å². The van der Waals surface area contributed by atoms with E-state index in [9.17, 15) is 9.59 Å². The van der Waals surface area contributed by atoms with E-state index in [1.165, 1.54) is 11.3 Å². The average Bonchev–Trinajstić information content (AvgIpc) is 2.87. The quantitative estimate of drug-likeness (QED) is 0.847. The van der Waals surface area contributed by atoms with Gasteiger partial charge < -0.3 is 0 Å². The molecule has 0 bridgehead atoms. The zero-order valence-corrected chi connectivity index (χ0v) is 13.5. The molecule has 22 heavy (non-hydrogen) atoms. The van der Waals surface area contributed by atoms with Gasteiger partial charge >= 0.3 is 0 Å². The van der Waals surface area contributed by atoms with E-state index in [2.05, 4.69) is 20.8 Å². The summed E-state index contributed by atoms with van der Waals surface area (Å²) in [6.45, 7) is 5.63. The molecule has 0 saturated carbocycles. The van der Waals surface area contributed by atoms with Crippen molar-refractivity contribution in [1.29, 1.82) is 0 Å². The summed E-state index contributed by atoms with van der Waals surface area (Å²) in [4.78, 5) is 32.7. The number of rotatable bonds is 4. The third-order valence-corrected chi connectivity index (χ3v) is 3.97. The molecule has 2 aromatic rings. The molecule has 2 heterocycles. The van der Waals surface area contributed by atoms with Gasteiger partial charge in [-0.15, -0.1) is 11.3 Å². The summed E-state index contributed by atoms with van der Waals surface area (Å²) < 4.78 is 0. The van der Waals surface area contributed by atoms with Crippen LogP contribution in [0.4, 0.5) is 0 Å². The number of carbonyl (C=O) groups excluding carboxylic acids is 2. The van der Waals surface area contributed by atoms with Crippen molar-refractivity contribution in [3.05, 3.63) is 35.0 Å². The molecule has 0 unspecified atom stereocenters. The highest BCUT2D eigenvalue weighted by atomic mass is 32.1. The molecule has 2 aromatic heterocycles. The lowest BCUT2D eigenvalue weighted by atomic mass is 10.1. The Morgan fingerprint density at radius 1 is 1.27 bits per heavy atom. The van der Waals surface area contributed by atoms with Crippen molar-refractivity contribution in [2.24, 2.45) is 5.92 Å². The molecule has 0 aromatic carbocycles. The van der Waals surface area contributed by atoms with Crippen LogP contribution in [0.3, 0.4) is 0 Å². The minimum atomic E-state index is -0.366. The topological polar surface area (TPSA) is 84.0 Å². The number of aromatic nitrogens is 2. The summed E-state index contributed by atoms with van der Waals surface area (Å²) in [5.74, 6) is -0.345. The molecule has 7 heteroatoms. The summed E-state index contributed by atoms with van der Waals surface area (Å²) in [6.07, 6.45) is 2.04. The Kier molecular flexibility index (Phi) is 5.21. The fourth-order valence-electron chi connectivity index (χ4n) is 1.81. The minimum absolute atomic E-state index is 0.213. The Labute approximate surface area is 133 Å². The van der Waals surface area contributed by atoms with E-state index >= 15 is 0 Å². The van der Waals surface area contributed by atoms with Gasteiger partial charge in [0.1, 0.15) is 9.88 Å². The Morgan fingerprint density at radius 3 is 2.68 bits per heavy atom. The third kappa shape index (κ3) is 4.11. The number of hydrogen-bond acceptors (Lipinski definition) is 5. The maximum absolute atomic E-state index is 12.1. The van der Waals surface area contributed by atoms with Gasteiger partial charge in [-0.25, -0.2) is 4.98 Å². The van der Waals surface area contributed by atoms with Crippen LogP contribution in [0.15, 0.2) is 24.4 Å². The predicted molar refractivity (Wildman–Crippen MR) is 85.1 cm³/mol. The molecular formula is C15H18N4O2S. The summed E-state index contributed by atoms with van der Waals surface area (Å²) in [7, 11) is 0. The van der Waals surface area contributed by atoms with Crippen molar-refractivity contribution in [3.8, 4) is 10.7 Å². The minimum Gasteiger partial charge on any atom is -0.273 e. The normalized spacial score (nSPS) is 10.5. The van der Waals surface area contributed by atoms with Crippen LogP contribution < -0.4 is 10.9 Å². The fourth-order valence-corrected chi connectivity index (χ4v) is 2.75. The van der Waals surface area contributed by atoms with Crippen LogP contribution in [-0.4, -0.2) is 21.8 Å². The highest BCUT2D eigenvalue weighted by Crippen LogP contribution is 2.26. The van der Waals surface area contributed by atoms with Crippen LogP contribution in [0.5, 0.6) is 0 Å². The molecule has 6 nitrogen and oxygen atoms in total. The van der Waals surface area contributed by atoms with Crippen molar-refractivity contribution in [3.63, 3.8) is 0 Å². The molecule has 2 rings (SSSR count). The predicted octanol–water partition coefficient (Wildman–Crippen LogP) is 2.32. The van der Waals surface area contributed by atoms with E-state index in [4.69, 9.17) is 0 Å². The third-order valence-electron chi connectivity index (χ3n) is 2.80. The second-order valence-corrected chi connectivity index (χ2v) is 6.25. The molecule has 0 spiro atoms. The average molecular weight is 318 g/mol. The van der Waals surface area contributed by atoms with Gasteiger partial charge in [-0.1, -0.05) is 19.9 Å². The Morgan fingerprint density at radius 2 is 2.05 bits per heavy atom. The zero-order valence-electron chi connectivity index (χ0n) is 12.7. The molecule has 0 radical (unpaired) electrons. The lowest BCUT2D eigenvalue weighted by molar-refractivity contribution is -0.122. The molecule has 116 valence electrons. The van der Waals surface area contributed by atoms with E-state index in [0.29, 0.717) is 22.0 Å². The molecule has 0 atom stereocenters. The maximum atomic E-state index is 12.1. The highest BCUT2D eigenvalue weighted by Gasteiger charge is 2.17. The maximum Gasteiger partial charge on any atom is 0.281 e. The van der Waals surface area contributed by atoms with Crippen molar-refractivity contribution in [1.82, 2.24) is 20.8 Å². The summed E-state index contributed by atoms with van der Waals surface area (Å²) >= 11 is 1.25. The van der Waals surface area contributed by atoms with E-state index in [-0.39, 0.29) is 17.7 Å². The smallest absolute Gasteiger partial charge is 0.273 e. The van der Waals surface area contributed by atoms with E-state index in [1.54, 1.807) is 13.1 Å². The van der Waals surface area contributed by atoms with Gasteiger partial charge in [0.05, 0.1) is 11.4 Å². The van der Waals surface area contributed by atoms with Crippen LogP contribution in [-0.2, 0) is 4.79 Å². The Hall–Kier alpha value is -2.28. The molecule has 0 aliphatic carbocycles.